The van der Waals surface area contributed by atoms with Crippen molar-refractivity contribution < 1.29 is 14.3 Å². The number of piperidine rings is 1. The van der Waals surface area contributed by atoms with E-state index in [1.807, 2.05) is 18.2 Å². The third-order valence-corrected chi connectivity index (χ3v) is 3.88. The van der Waals surface area contributed by atoms with Crippen molar-refractivity contribution in [3.63, 3.8) is 0 Å². The van der Waals surface area contributed by atoms with Crippen molar-refractivity contribution in [3.05, 3.63) is 18.2 Å². The third kappa shape index (κ3) is 3.88. The zero-order chi connectivity index (χ0) is 14.5. The molecule has 2 aliphatic rings. The van der Waals surface area contributed by atoms with Gasteiger partial charge in [-0.25, -0.2) is 0 Å². The number of amides is 1. The van der Waals surface area contributed by atoms with Crippen molar-refractivity contribution in [1.82, 2.24) is 5.32 Å². The number of ether oxygens (including phenoxy) is 2. The lowest BCUT2D eigenvalue weighted by Crippen LogP contribution is -2.36. The molecule has 1 aromatic carbocycles. The Morgan fingerprint density at radius 2 is 2.05 bits per heavy atom. The highest BCUT2D eigenvalue weighted by Crippen LogP contribution is 2.32. The van der Waals surface area contributed by atoms with Crippen molar-refractivity contribution in [2.24, 2.45) is 0 Å². The van der Waals surface area contributed by atoms with Gasteiger partial charge in [0.1, 0.15) is 0 Å². The molecule has 2 N–H and O–H groups in total. The highest BCUT2D eigenvalue weighted by molar-refractivity contribution is 5.91. The maximum absolute atomic E-state index is 12.1. The number of carbonyl (C=O) groups excluding carboxylic acids is 1. The van der Waals surface area contributed by atoms with E-state index >= 15 is 0 Å². The second kappa shape index (κ2) is 6.80. The van der Waals surface area contributed by atoms with Gasteiger partial charge in [0.2, 0.25) is 5.91 Å². The Balaban J connectivity index is 1.59. The SMILES string of the molecule is O=C(CC1CCCCN1)Nc1ccc2c(c1)OCCCO2. The van der Waals surface area contributed by atoms with E-state index in [1.165, 1.54) is 12.8 Å². The van der Waals surface area contributed by atoms with E-state index in [1.54, 1.807) is 0 Å². The van der Waals surface area contributed by atoms with E-state index in [4.69, 9.17) is 9.47 Å². The Kier molecular flexibility index (Phi) is 4.60. The van der Waals surface area contributed by atoms with Gasteiger partial charge in [0, 0.05) is 30.6 Å². The van der Waals surface area contributed by atoms with Crippen molar-refractivity contribution in [1.29, 1.82) is 0 Å². The molecule has 1 fully saturated rings. The summed E-state index contributed by atoms with van der Waals surface area (Å²) in [6, 6.07) is 5.86. The van der Waals surface area contributed by atoms with Crippen LogP contribution in [0.25, 0.3) is 0 Å². The predicted molar refractivity (Wildman–Crippen MR) is 80.9 cm³/mol. The maximum atomic E-state index is 12.1. The Morgan fingerprint density at radius 3 is 2.86 bits per heavy atom. The Hall–Kier alpha value is -1.75. The lowest BCUT2D eigenvalue weighted by Gasteiger charge is -2.22. The van der Waals surface area contributed by atoms with Gasteiger partial charge >= 0.3 is 0 Å². The first kappa shape index (κ1) is 14.2. The number of hydrogen-bond donors (Lipinski definition) is 2. The smallest absolute Gasteiger partial charge is 0.225 e. The Bertz CT molecular complexity index is 498. The van der Waals surface area contributed by atoms with Crippen LogP contribution in [-0.2, 0) is 4.79 Å². The van der Waals surface area contributed by atoms with Crippen LogP contribution in [0.15, 0.2) is 18.2 Å². The van der Waals surface area contributed by atoms with Crippen molar-refractivity contribution in [2.75, 3.05) is 25.1 Å². The normalized spacial score (nSPS) is 21.4. The summed E-state index contributed by atoms with van der Waals surface area (Å²) in [4.78, 5) is 12.1. The van der Waals surface area contributed by atoms with Gasteiger partial charge in [-0.1, -0.05) is 6.42 Å². The predicted octanol–water partition coefficient (Wildman–Crippen LogP) is 2.32. The van der Waals surface area contributed by atoms with E-state index in [-0.39, 0.29) is 5.91 Å². The summed E-state index contributed by atoms with van der Waals surface area (Å²) in [6.45, 7) is 2.34. The molecule has 3 rings (SSSR count). The summed E-state index contributed by atoms with van der Waals surface area (Å²) in [7, 11) is 0. The molecule has 0 radical (unpaired) electrons. The van der Waals surface area contributed by atoms with Crippen molar-refractivity contribution in [2.45, 2.75) is 38.1 Å². The van der Waals surface area contributed by atoms with Gasteiger partial charge in [-0.3, -0.25) is 4.79 Å². The minimum absolute atomic E-state index is 0.0453. The molecule has 2 aliphatic heterocycles. The number of carbonyl (C=O) groups is 1. The van der Waals surface area contributed by atoms with E-state index < -0.39 is 0 Å². The molecule has 21 heavy (non-hydrogen) atoms. The van der Waals surface area contributed by atoms with Crippen LogP contribution in [0.5, 0.6) is 11.5 Å². The summed E-state index contributed by atoms with van der Waals surface area (Å²) in [5.41, 5.74) is 0.764. The van der Waals surface area contributed by atoms with E-state index in [2.05, 4.69) is 10.6 Å². The quantitative estimate of drug-likeness (QED) is 0.897. The Labute approximate surface area is 125 Å². The second-order valence-electron chi connectivity index (χ2n) is 5.61. The first-order valence-corrected chi connectivity index (χ1v) is 7.74. The molecule has 1 unspecified atom stereocenters. The molecule has 5 heteroatoms. The van der Waals surface area contributed by atoms with Crippen molar-refractivity contribution >= 4 is 11.6 Å². The molecule has 0 saturated carbocycles. The Morgan fingerprint density at radius 1 is 1.19 bits per heavy atom. The van der Waals surface area contributed by atoms with Crippen LogP contribution in [0, 0.1) is 0 Å². The van der Waals surface area contributed by atoms with Crippen LogP contribution in [0.3, 0.4) is 0 Å². The first-order chi connectivity index (χ1) is 10.3. The maximum Gasteiger partial charge on any atom is 0.225 e. The molecule has 1 saturated heterocycles. The zero-order valence-corrected chi connectivity index (χ0v) is 12.2. The molecule has 1 aromatic rings. The lowest BCUT2D eigenvalue weighted by molar-refractivity contribution is -0.116. The summed E-state index contributed by atoms with van der Waals surface area (Å²) in [5.74, 6) is 1.50. The number of anilines is 1. The van der Waals surface area contributed by atoms with Gasteiger partial charge in [-0.05, 0) is 31.5 Å². The molecule has 0 spiro atoms. The molecule has 0 aromatic heterocycles. The fourth-order valence-electron chi connectivity index (χ4n) is 2.78. The summed E-state index contributed by atoms with van der Waals surface area (Å²) < 4.78 is 11.2. The summed E-state index contributed by atoms with van der Waals surface area (Å²) in [6.07, 6.45) is 4.89. The fourth-order valence-corrected chi connectivity index (χ4v) is 2.78. The molecule has 0 aliphatic carbocycles. The minimum Gasteiger partial charge on any atom is -0.490 e. The van der Waals surface area contributed by atoms with Crippen LogP contribution in [-0.4, -0.2) is 31.7 Å². The summed E-state index contributed by atoms with van der Waals surface area (Å²) in [5, 5.41) is 6.33. The van der Waals surface area contributed by atoms with Gasteiger partial charge in [0.25, 0.3) is 0 Å². The van der Waals surface area contributed by atoms with Gasteiger partial charge in [-0.2, -0.15) is 0 Å². The van der Waals surface area contributed by atoms with Gasteiger partial charge in [0.15, 0.2) is 11.5 Å². The molecular formula is C16H22N2O3. The molecule has 1 atom stereocenters. The average molecular weight is 290 g/mol. The number of fused-ring (bicyclic) bond motifs is 1. The number of rotatable bonds is 3. The zero-order valence-electron chi connectivity index (χ0n) is 12.2. The standard InChI is InChI=1S/C16H22N2O3/c19-16(11-12-4-1-2-7-17-12)18-13-5-6-14-15(10-13)21-9-3-8-20-14/h5-6,10,12,17H,1-4,7-9,11H2,(H,18,19). The van der Waals surface area contributed by atoms with E-state index in [0.29, 0.717) is 31.4 Å². The van der Waals surface area contributed by atoms with E-state index in [0.717, 1.165) is 30.8 Å². The van der Waals surface area contributed by atoms with Gasteiger partial charge < -0.3 is 20.1 Å². The molecule has 114 valence electrons. The van der Waals surface area contributed by atoms with Crippen LogP contribution in [0.4, 0.5) is 5.69 Å². The summed E-state index contributed by atoms with van der Waals surface area (Å²) >= 11 is 0. The number of hydrogen-bond acceptors (Lipinski definition) is 4. The lowest BCUT2D eigenvalue weighted by atomic mass is 10.0. The largest absolute Gasteiger partial charge is 0.490 e. The number of benzene rings is 1. The van der Waals surface area contributed by atoms with Crippen LogP contribution in [0.1, 0.15) is 32.1 Å². The molecule has 5 nitrogen and oxygen atoms in total. The van der Waals surface area contributed by atoms with Gasteiger partial charge in [0.05, 0.1) is 13.2 Å². The van der Waals surface area contributed by atoms with Crippen molar-refractivity contribution in [3.8, 4) is 11.5 Å². The average Bonchev–Trinajstić information content (AvgIpc) is 2.73. The molecule has 2 heterocycles. The van der Waals surface area contributed by atoms with Crippen LogP contribution < -0.4 is 20.1 Å². The molecule has 0 bridgehead atoms. The fraction of sp³-hybridized carbons (Fsp3) is 0.562. The molecular weight excluding hydrogens is 268 g/mol. The highest BCUT2D eigenvalue weighted by Gasteiger charge is 2.17. The second-order valence-corrected chi connectivity index (χ2v) is 5.61. The third-order valence-electron chi connectivity index (χ3n) is 3.88. The van der Waals surface area contributed by atoms with Crippen LogP contribution in [0.2, 0.25) is 0 Å². The highest BCUT2D eigenvalue weighted by atomic mass is 16.5. The monoisotopic (exact) mass is 290 g/mol. The number of nitrogens with one attached hydrogen (secondary N) is 2. The van der Waals surface area contributed by atoms with E-state index in [9.17, 15) is 4.79 Å². The topological polar surface area (TPSA) is 59.6 Å². The molecule has 1 amide bonds. The minimum atomic E-state index is 0.0453. The van der Waals surface area contributed by atoms with Gasteiger partial charge in [-0.15, -0.1) is 0 Å². The van der Waals surface area contributed by atoms with Crippen LogP contribution >= 0.6 is 0 Å². The first-order valence-electron chi connectivity index (χ1n) is 7.74.